The van der Waals surface area contributed by atoms with Gasteiger partial charge in [0.15, 0.2) is 0 Å². The molecule has 1 aromatic carbocycles. The van der Waals surface area contributed by atoms with Crippen molar-refractivity contribution in [2.45, 2.75) is 25.5 Å². The molecule has 0 spiro atoms. The first-order valence-corrected chi connectivity index (χ1v) is 8.35. The topological polar surface area (TPSA) is 91.5 Å². The first kappa shape index (κ1) is 17.3. The van der Waals surface area contributed by atoms with E-state index in [0.29, 0.717) is 12.4 Å². The van der Waals surface area contributed by atoms with E-state index in [9.17, 15) is 15.2 Å². The summed E-state index contributed by atoms with van der Waals surface area (Å²) in [4.78, 5) is 16.5. The average Bonchev–Trinajstić information content (AvgIpc) is 3.02. The van der Waals surface area contributed by atoms with Gasteiger partial charge in [0.05, 0.1) is 11.0 Å². The number of aliphatic hydroxyl groups excluding tert-OH is 1. The smallest absolute Gasteiger partial charge is 0.287 e. The van der Waals surface area contributed by atoms with Crippen molar-refractivity contribution in [1.29, 1.82) is 0 Å². The van der Waals surface area contributed by atoms with Gasteiger partial charge in [0.2, 0.25) is 0 Å². The van der Waals surface area contributed by atoms with Crippen LogP contribution < -0.4 is 5.32 Å². The van der Waals surface area contributed by atoms with E-state index in [1.165, 1.54) is 17.8 Å². The van der Waals surface area contributed by atoms with E-state index in [2.05, 4.69) is 15.2 Å². The van der Waals surface area contributed by atoms with Crippen LogP contribution >= 0.6 is 0 Å². The summed E-state index contributed by atoms with van der Waals surface area (Å²) in [5.41, 5.74) is 2.09. The van der Waals surface area contributed by atoms with Crippen LogP contribution in [-0.4, -0.2) is 45.6 Å². The molecule has 2 heterocycles. The monoisotopic (exact) mass is 342 g/mol. The summed E-state index contributed by atoms with van der Waals surface area (Å²) in [6, 6.07) is 11.2. The molecule has 1 aliphatic heterocycles. The van der Waals surface area contributed by atoms with Crippen LogP contribution in [0, 0.1) is 17.0 Å². The van der Waals surface area contributed by atoms with Gasteiger partial charge in [-0.3, -0.25) is 15.0 Å². The molecule has 25 heavy (non-hydrogen) atoms. The summed E-state index contributed by atoms with van der Waals surface area (Å²) in [6.45, 7) is 4.32. The summed E-state index contributed by atoms with van der Waals surface area (Å²) < 4.78 is 0. The Morgan fingerprint density at radius 3 is 2.76 bits per heavy atom. The molecule has 0 aliphatic carbocycles. The lowest BCUT2D eigenvalue weighted by Gasteiger charge is -2.21. The molecule has 2 aromatic rings. The molecule has 132 valence electrons. The Kier molecular flexibility index (Phi) is 5.25. The minimum Gasteiger partial charge on any atom is -0.387 e. The van der Waals surface area contributed by atoms with E-state index in [4.69, 9.17) is 0 Å². The highest BCUT2D eigenvalue weighted by Gasteiger charge is 2.24. The van der Waals surface area contributed by atoms with Crippen molar-refractivity contribution in [3.63, 3.8) is 0 Å². The minimum atomic E-state index is -0.503. The first-order chi connectivity index (χ1) is 12.0. The third-order valence-electron chi connectivity index (χ3n) is 4.48. The van der Waals surface area contributed by atoms with Crippen LogP contribution in [0.2, 0.25) is 0 Å². The molecule has 2 N–H and O–H groups in total. The second-order valence-electron chi connectivity index (χ2n) is 6.47. The molecule has 0 saturated carbocycles. The predicted octanol–water partition coefficient (Wildman–Crippen LogP) is 2.52. The van der Waals surface area contributed by atoms with E-state index in [1.54, 1.807) is 6.07 Å². The Bertz CT molecular complexity index is 718. The third-order valence-corrected chi connectivity index (χ3v) is 4.48. The average molecular weight is 342 g/mol. The van der Waals surface area contributed by atoms with Crippen molar-refractivity contribution >= 4 is 11.5 Å². The van der Waals surface area contributed by atoms with E-state index in [1.807, 2.05) is 31.2 Å². The normalized spacial score (nSPS) is 18.9. The molecular weight excluding hydrogens is 320 g/mol. The van der Waals surface area contributed by atoms with Crippen LogP contribution in [0.5, 0.6) is 0 Å². The number of hydrogen-bond acceptors (Lipinski definition) is 6. The van der Waals surface area contributed by atoms with Gasteiger partial charge < -0.3 is 10.4 Å². The van der Waals surface area contributed by atoms with Crippen LogP contribution in [0.15, 0.2) is 42.6 Å². The van der Waals surface area contributed by atoms with Crippen molar-refractivity contribution in [1.82, 2.24) is 9.88 Å². The number of anilines is 1. The first-order valence-electron chi connectivity index (χ1n) is 8.35. The number of likely N-dealkylation sites (tertiary alicyclic amines) is 1. The third kappa shape index (κ3) is 4.52. The maximum Gasteiger partial charge on any atom is 0.287 e. The Balaban J connectivity index is 1.51. The molecule has 1 aromatic heterocycles. The van der Waals surface area contributed by atoms with Crippen LogP contribution in [0.1, 0.15) is 23.7 Å². The Morgan fingerprint density at radius 2 is 2.12 bits per heavy atom. The van der Waals surface area contributed by atoms with E-state index >= 15 is 0 Å². The number of aromatic nitrogens is 1. The molecule has 3 rings (SSSR count). The SMILES string of the molecule is Cc1ccc([C@@H](O)CN2CC[C@H](Nc3ccc([N+](=O)[O-])cn3)C2)cc1. The molecule has 1 fully saturated rings. The summed E-state index contributed by atoms with van der Waals surface area (Å²) in [5.74, 6) is 0.636. The van der Waals surface area contributed by atoms with Gasteiger partial charge in [-0.05, 0) is 25.0 Å². The zero-order valence-corrected chi connectivity index (χ0v) is 14.1. The molecule has 0 amide bonds. The quantitative estimate of drug-likeness (QED) is 0.619. The number of pyridine rings is 1. The van der Waals surface area contributed by atoms with Crippen molar-refractivity contribution in [2.75, 3.05) is 25.0 Å². The Hall–Kier alpha value is -2.51. The van der Waals surface area contributed by atoms with E-state index in [-0.39, 0.29) is 11.7 Å². The fraction of sp³-hybridized carbons (Fsp3) is 0.389. The molecule has 7 heteroatoms. The number of nitro groups is 1. The van der Waals surface area contributed by atoms with Crippen LogP contribution in [0.25, 0.3) is 0 Å². The number of benzene rings is 1. The minimum absolute atomic E-state index is 0.0141. The number of aliphatic hydroxyl groups is 1. The van der Waals surface area contributed by atoms with Crippen LogP contribution in [-0.2, 0) is 0 Å². The number of nitrogens with one attached hydrogen (secondary N) is 1. The highest BCUT2D eigenvalue weighted by molar-refractivity contribution is 5.41. The molecule has 7 nitrogen and oxygen atoms in total. The Morgan fingerprint density at radius 1 is 1.36 bits per heavy atom. The van der Waals surface area contributed by atoms with Gasteiger partial charge in [-0.25, -0.2) is 4.98 Å². The zero-order valence-electron chi connectivity index (χ0n) is 14.1. The van der Waals surface area contributed by atoms with Crippen molar-refractivity contribution in [3.05, 3.63) is 63.8 Å². The number of nitrogens with zero attached hydrogens (tertiary/aromatic N) is 3. The number of aryl methyl sites for hydroxylation is 1. The molecule has 1 saturated heterocycles. The second kappa shape index (κ2) is 7.58. The number of hydrogen-bond donors (Lipinski definition) is 2. The molecule has 2 atom stereocenters. The van der Waals surface area contributed by atoms with Gasteiger partial charge in [-0.1, -0.05) is 29.8 Å². The molecular formula is C18H22N4O3. The maximum absolute atomic E-state index is 10.7. The van der Waals surface area contributed by atoms with Crippen LogP contribution in [0.4, 0.5) is 11.5 Å². The molecule has 0 bridgehead atoms. The van der Waals surface area contributed by atoms with Gasteiger partial charge in [0.1, 0.15) is 12.0 Å². The number of rotatable bonds is 6. The van der Waals surface area contributed by atoms with Gasteiger partial charge in [0, 0.05) is 31.7 Å². The lowest BCUT2D eigenvalue weighted by Crippen LogP contribution is -2.30. The maximum atomic E-state index is 10.7. The largest absolute Gasteiger partial charge is 0.387 e. The fourth-order valence-electron chi connectivity index (χ4n) is 3.04. The zero-order chi connectivity index (χ0) is 17.8. The van der Waals surface area contributed by atoms with Gasteiger partial charge in [0.25, 0.3) is 5.69 Å². The summed E-state index contributed by atoms with van der Waals surface area (Å²) in [7, 11) is 0. The van der Waals surface area contributed by atoms with Crippen molar-refractivity contribution in [2.24, 2.45) is 0 Å². The molecule has 1 aliphatic rings. The number of β-amino-alcohol motifs (C(OH)–C–C–N with tert-alkyl or cyclic N) is 1. The highest BCUT2D eigenvalue weighted by Crippen LogP contribution is 2.20. The molecule has 0 unspecified atom stereocenters. The predicted molar refractivity (Wildman–Crippen MR) is 95.5 cm³/mol. The van der Waals surface area contributed by atoms with E-state index in [0.717, 1.165) is 25.1 Å². The van der Waals surface area contributed by atoms with E-state index < -0.39 is 11.0 Å². The van der Waals surface area contributed by atoms with Crippen molar-refractivity contribution in [3.8, 4) is 0 Å². The lowest BCUT2D eigenvalue weighted by molar-refractivity contribution is -0.385. The summed E-state index contributed by atoms with van der Waals surface area (Å²) in [6.07, 6.45) is 1.70. The summed E-state index contributed by atoms with van der Waals surface area (Å²) >= 11 is 0. The van der Waals surface area contributed by atoms with Crippen LogP contribution in [0.3, 0.4) is 0 Å². The van der Waals surface area contributed by atoms with Gasteiger partial charge in [-0.15, -0.1) is 0 Å². The second-order valence-corrected chi connectivity index (χ2v) is 6.47. The summed E-state index contributed by atoms with van der Waals surface area (Å²) in [5, 5.41) is 24.3. The fourth-order valence-corrected chi connectivity index (χ4v) is 3.04. The van der Waals surface area contributed by atoms with Gasteiger partial charge in [-0.2, -0.15) is 0 Å². The lowest BCUT2D eigenvalue weighted by atomic mass is 10.1. The Labute approximate surface area is 146 Å². The standard InChI is InChI=1S/C18H22N4O3/c1-13-2-4-14(5-3-13)17(23)12-21-9-8-15(11-21)20-18-7-6-16(10-19-18)22(24)25/h2-7,10,15,17,23H,8-9,11-12H2,1H3,(H,19,20)/t15-,17-/m0/s1. The van der Waals surface area contributed by atoms with Gasteiger partial charge >= 0.3 is 0 Å². The highest BCUT2D eigenvalue weighted by atomic mass is 16.6. The van der Waals surface area contributed by atoms with Crippen molar-refractivity contribution < 1.29 is 10.0 Å². The molecule has 0 radical (unpaired) electrons.